The molecule has 282 valence electrons. The molecule has 3 aliphatic rings. The lowest BCUT2D eigenvalue weighted by atomic mass is 9.79. The Bertz CT molecular complexity index is 2270. The minimum absolute atomic E-state index is 0.0265. The molecule has 1 aliphatic heterocycles. The molecule has 2 aromatic carbocycles. The van der Waals surface area contributed by atoms with Crippen LogP contribution in [-0.4, -0.2) is 50.1 Å². The number of likely N-dealkylation sites (tertiary alicyclic amines) is 1. The molecule has 0 bridgehead atoms. The minimum Gasteiger partial charge on any atom is -0.503 e. The van der Waals surface area contributed by atoms with Gasteiger partial charge >= 0.3 is 6.61 Å². The summed E-state index contributed by atoms with van der Waals surface area (Å²) >= 11 is 13.0. The van der Waals surface area contributed by atoms with Crippen LogP contribution in [0.1, 0.15) is 74.0 Å². The first-order chi connectivity index (χ1) is 26.0. The lowest BCUT2D eigenvalue weighted by Crippen LogP contribution is -2.37. The van der Waals surface area contributed by atoms with Crippen LogP contribution in [0.25, 0.3) is 32.9 Å². The standard InChI is InChI=1S/C34H34Cl2FN5O.C6H5F2NO2/c1-18-23-16-28(27-8-4-14-41(27)34(43)19-9-10-19)42(26-12-11-21(26)17-39)33(23)24-15-20(5-3-13-38)29(31(37)32(24)40-18)22-6-2-7-25(35)30(22)36;7-6(8)11-5-4(10)2-1-3-9-5/h2,6-7,15-16,19,21,26-27H,3-5,8-12,14,17,39H2,1H3;1-3,6,10H/t21-,26?,27?;/m1./s1. The van der Waals surface area contributed by atoms with Gasteiger partial charge < -0.3 is 25.0 Å². The van der Waals surface area contributed by atoms with Gasteiger partial charge in [0.05, 0.1) is 27.7 Å². The first kappa shape index (κ1) is 37.7. The van der Waals surface area contributed by atoms with Crippen LogP contribution in [-0.2, 0) is 11.2 Å². The summed E-state index contributed by atoms with van der Waals surface area (Å²) in [7, 11) is 0. The van der Waals surface area contributed by atoms with Crippen molar-refractivity contribution in [3.05, 3.63) is 81.5 Å². The monoisotopic (exact) mass is 778 g/mol. The average Bonchev–Trinajstić information content (AvgIpc) is 3.75. The third kappa shape index (κ3) is 7.05. The Labute approximate surface area is 320 Å². The second kappa shape index (κ2) is 15.7. The molecular formula is C40H39Cl2F3N6O3. The number of nitriles is 1. The van der Waals surface area contributed by atoms with Crippen molar-refractivity contribution in [1.29, 1.82) is 5.26 Å². The molecule has 0 radical (unpaired) electrons. The molecule has 8 rings (SSSR count). The summed E-state index contributed by atoms with van der Waals surface area (Å²) in [6.45, 7) is 0.297. The van der Waals surface area contributed by atoms with Gasteiger partial charge in [-0.2, -0.15) is 14.0 Å². The van der Waals surface area contributed by atoms with Crippen molar-refractivity contribution in [1.82, 2.24) is 19.4 Å². The van der Waals surface area contributed by atoms with Crippen molar-refractivity contribution in [3.63, 3.8) is 0 Å². The van der Waals surface area contributed by atoms with E-state index < -0.39 is 24.1 Å². The molecule has 3 aromatic heterocycles. The maximum Gasteiger partial charge on any atom is 0.388 e. The molecule has 2 saturated carbocycles. The van der Waals surface area contributed by atoms with Crippen molar-refractivity contribution in [2.75, 3.05) is 13.1 Å². The second-order valence-corrected chi connectivity index (χ2v) is 14.9. The molecule has 1 saturated heterocycles. The van der Waals surface area contributed by atoms with E-state index in [1.165, 1.54) is 18.3 Å². The van der Waals surface area contributed by atoms with Crippen molar-refractivity contribution in [2.45, 2.75) is 77.0 Å². The number of nitrogens with two attached hydrogens (primary N) is 1. The zero-order valence-electron chi connectivity index (χ0n) is 29.5. The SMILES string of the molecule is Cc1nc2c(F)c(-c3cccc(Cl)c3Cl)c(CCC#N)cc2c2c1cc(C1CCCN1C(=O)C1CC1)n2C1CC[C@@H]1CN.Oc1cccnc1OC(F)F. The van der Waals surface area contributed by atoms with Crippen LogP contribution in [0.3, 0.4) is 0 Å². The fraction of sp³-hybridized carbons (Fsp3) is 0.400. The first-order valence-corrected chi connectivity index (χ1v) is 18.9. The molecule has 2 aliphatic carbocycles. The van der Waals surface area contributed by atoms with Gasteiger partial charge in [0.1, 0.15) is 5.52 Å². The Hall–Kier alpha value is -4.57. The quantitative estimate of drug-likeness (QED) is 0.153. The molecule has 3 atom stereocenters. The van der Waals surface area contributed by atoms with Crippen LogP contribution >= 0.6 is 23.2 Å². The summed E-state index contributed by atoms with van der Waals surface area (Å²) in [5.41, 5.74) is 10.8. The number of aromatic nitrogens is 3. The summed E-state index contributed by atoms with van der Waals surface area (Å²) < 4.78 is 46.2. The summed E-state index contributed by atoms with van der Waals surface area (Å²) in [6.07, 6.45) is 7.65. The molecule has 9 nitrogen and oxygen atoms in total. The number of fused-ring (bicyclic) bond motifs is 3. The molecule has 2 unspecified atom stereocenters. The Morgan fingerprint density at radius 1 is 1.13 bits per heavy atom. The summed E-state index contributed by atoms with van der Waals surface area (Å²) in [6, 6.07) is 14.3. The van der Waals surface area contributed by atoms with Gasteiger partial charge in [-0.25, -0.2) is 14.4 Å². The van der Waals surface area contributed by atoms with Gasteiger partial charge in [0.25, 0.3) is 5.88 Å². The van der Waals surface area contributed by atoms with Crippen molar-refractivity contribution < 1.29 is 27.8 Å². The summed E-state index contributed by atoms with van der Waals surface area (Å²) in [4.78, 5) is 23.7. The fourth-order valence-electron chi connectivity index (χ4n) is 7.92. The lowest BCUT2D eigenvalue weighted by Gasteiger charge is -2.40. The largest absolute Gasteiger partial charge is 0.503 e. The number of hydrogen-bond donors (Lipinski definition) is 2. The topological polar surface area (TPSA) is 130 Å². The maximum absolute atomic E-state index is 16.9. The third-order valence-electron chi connectivity index (χ3n) is 10.8. The number of aromatic hydroxyl groups is 1. The zero-order valence-corrected chi connectivity index (χ0v) is 31.1. The van der Waals surface area contributed by atoms with Gasteiger partial charge in [-0.15, -0.1) is 0 Å². The van der Waals surface area contributed by atoms with E-state index in [0.717, 1.165) is 67.4 Å². The molecule has 54 heavy (non-hydrogen) atoms. The van der Waals surface area contributed by atoms with E-state index in [4.69, 9.17) is 39.0 Å². The smallest absolute Gasteiger partial charge is 0.388 e. The molecule has 14 heteroatoms. The highest BCUT2D eigenvalue weighted by molar-refractivity contribution is 6.43. The maximum atomic E-state index is 16.9. The molecule has 1 amide bonds. The molecule has 3 N–H and O–H groups in total. The van der Waals surface area contributed by atoms with E-state index in [9.17, 15) is 18.8 Å². The number of amides is 1. The Balaban J connectivity index is 0.000000353. The Kier molecular flexibility index (Phi) is 10.9. The van der Waals surface area contributed by atoms with E-state index in [0.29, 0.717) is 46.0 Å². The number of halogens is 5. The lowest BCUT2D eigenvalue weighted by molar-refractivity contribution is -0.133. The third-order valence-corrected chi connectivity index (χ3v) is 11.6. The number of rotatable bonds is 9. The average molecular weight is 780 g/mol. The van der Waals surface area contributed by atoms with E-state index >= 15 is 4.39 Å². The molecular weight excluding hydrogens is 740 g/mol. The van der Waals surface area contributed by atoms with Crippen molar-refractivity contribution >= 4 is 50.9 Å². The number of ether oxygens (including phenoxy) is 1. The number of benzene rings is 2. The highest BCUT2D eigenvalue weighted by Crippen LogP contribution is 2.49. The summed E-state index contributed by atoms with van der Waals surface area (Å²) in [5.74, 6) is -0.605. The molecule has 4 heterocycles. The van der Waals surface area contributed by atoms with Crippen LogP contribution in [0.2, 0.25) is 10.0 Å². The highest BCUT2D eigenvalue weighted by Gasteiger charge is 2.42. The number of carbonyl (C=O) groups is 1. The molecule has 3 fully saturated rings. The van der Waals surface area contributed by atoms with Gasteiger partial charge in [0.15, 0.2) is 11.6 Å². The Morgan fingerprint density at radius 3 is 2.59 bits per heavy atom. The molecule has 5 aromatic rings. The second-order valence-electron chi connectivity index (χ2n) is 14.1. The zero-order chi connectivity index (χ0) is 38.3. The Morgan fingerprint density at radius 2 is 1.93 bits per heavy atom. The number of hydrogen-bond acceptors (Lipinski definition) is 7. The van der Waals surface area contributed by atoms with Gasteiger partial charge in [-0.1, -0.05) is 35.3 Å². The van der Waals surface area contributed by atoms with Crippen LogP contribution in [0, 0.1) is 35.9 Å². The number of aryl methyl sites for hydroxylation is 2. The van der Waals surface area contributed by atoms with Crippen LogP contribution in [0.4, 0.5) is 13.2 Å². The van der Waals surface area contributed by atoms with E-state index in [1.54, 1.807) is 18.2 Å². The normalized spacial score (nSPS) is 19.5. The predicted molar refractivity (Wildman–Crippen MR) is 201 cm³/mol. The van der Waals surface area contributed by atoms with Gasteiger partial charge in [-0.05, 0) is 100 Å². The van der Waals surface area contributed by atoms with Crippen molar-refractivity contribution in [2.24, 2.45) is 17.6 Å². The minimum atomic E-state index is -2.96. The van der Waals surface area contributed by atoms with Gasteiger partial charge in [0, 0.05) is 64.4 Å². The fourth-order valence-corrected chi connectivity index (χ4v) is 8.32. The number of carbonyl (C=O) groups excluding carboxylic acids is 1. The molecule has 0 spiro atoms. The number of pyridine rings is 2. The van der Waals surface area contributed by atoms with Crippen molar-refractivity contribution in [3.8, 4) is 28.8 Å². The number of alkyl halides is 2. The highest BCUT2D eigenvalue weighted by atomic mass is 35.5. The predicted octanol–water partition coefficient (Wildman–Crippen LogP) is 9.44. The number of nitrogens with zero attached hydrogens (tertiary/aromatic N) is 5. The van der Waals surface area contributed by atoms with Crippen LogP contribution in [0.5, 0.6) is 11.6 Å². The van der Waals surface area contributed by atoms with E-state index in [2.05, 4.69) is 31.3 Å². The van der Waals surface area contributed by atoms with Crippen LogP contribution in [0.15, 0.2) is 48.7 Å². The van der Waals surface area contributed by atoms with Gasteiger partial charge in [0.2, 0.25) is 5.91 Å². The van der Waals surface area contributed by atoms with E-state index in [1.807, 2.05) is 13.0 Å². The first-order valence-electron chi connectivity index (χ1n) is 18.1. The van der Waals surface area contributed by atoms with Crippen LogP contribution < -0.4 is 10.5 Å². The summed E-state index contributed by atoms with van der Waals surface area (Å²) in [5, 5.41) is 20.6. The van der Waals surface area contributed by atoms with Gasteiger partial charge in [-0.3, -0.25) is 4.79 Å². The van der Waals surface area contributed by atoms with E-state index in [-0.39, 0.29) is 40.9 Å².